The first-order chi connectivity index (χ1) is 15.7. The molecule has 0 saturated heterocycles. The SMILES string of the molecule is CCCCCCCC/C=C\CCCCCCCC(=O)O.OCCOCCCCOCCO. The fourth-order valence-electron chi connectivity index (χ4n) is 3.09. The van der Waals surface area contributed by atoms with Gasteiger partial charge in [0.15, 0.2) is 0 Å². The van der Waals surface area contributed by atoms with Crippen molar-refractivity contribution in [2.45, 2.75) is 110 Å². The van der Waals surface area contributed by atoms with Crippen LogP contribution in [0.25, 0.3) is 0 Å². The fraction of sp³-hybridized carbons (Fsp3) is 0.885. The molecule has 0 aromatic carbocycles. The van der Waals surface area contributed by atoms with Crippen LogP contribution in [-0.4, -0.2) is 60.9 Å². The summed E-state index contributed by atoms with van der Waals surface area (Å²) >= 11 is 0. The van der Waals surface area contributed by atoms with E-state index in [0.29, 0.717) is 32.8 Å². The van der Waals surface area contributed by atoms with Crippen molar-refractivity contribution in [3.8, 4) is 0 Å². The topological polar surface area (TPSA) is 96.2 Å². The third kappa shape index (κ3) is 36.4. The molecular weight excluding hydrogens is 408 g/mol. The monoisotopic (exact) mass is 460 g/mol. The van der Waals surface area contributed by atoms with Crippen molar-refractivity contribution in [3.63, 3.8) is 0 Å². The van der Waals surface area contributed by atoms with Crippen LogP contribution in [-0.2, 0) is 14.3 Å². The number of aliphatic hydroxyl groups is 2. The van der Waals surface area contributed by atoms with E-state index in [-0.39, 0.29) is 13.2 Å². The Kier molecular flexibility index (Phi) is 33.5. The Morgan fingerprint density at radius 2 is 1.06 bits per heavy atom. The smallest absolute Gasteiger partial charge is 0.303 e. The van der Waals surface area contributed by atoms with Gasteiger partial charge in [-0.15, -0.1) is 0 Å². The third-order valence-corrected chi connectivity index (χ3v) is 4.95. The summed E-state index contributed by atoms with van der Waals surface area (Å²) in [6.45, 7) is 4.60. The van der Waals surface area contributed by atoms with E-state index in [0.717, 1.165) is 25.7 Å². The molecule has 0 radical (unpaired) electrons. The average Bonchev–Trinajstić information content (AvgIpc) is 2.78. The highest BCUT2D eigenvalue weighted by atomic mass is 16.5. The van der Waals surface area contributed by atoms with E-state index in [2.05, 4.69) is 19.1 Å². The zero-order valence-corrected chi connectivity index (χ0v) is 20.8. The summed E-state index contributed by atoms with van der Waals surface area (Å²) in [5, 5.41) is 25.2. The van der Waals surface area contributed by atoms with Crippen LogP contribution >= 0.6 is 0 Å². The number of carboxylic acid groups (broad SMARTS) is 1. The van der Waals surface area contributed by atoms with Gasteiger partial charge in [0.1, 0.15) is 0 Å². The van der Waals surface area contributed by atoms with Crippen molar-refractivity contribution in [2.24, 2.45) is 0 Å². The molecule has 3 N–H and O–H groups in total. The summed E-state index contributed by atoms with van der Waals surface area (Å²) in [6, 6.07) is 0. The molecule has 0 aliphatic heterocycles. The van der Waals surface area contributed by atoms with Crippen molar-refractivity contribution in [2.75, 3.05) is 39.6 Å². The Morgan fingerprint density at radius 1 is 0.625 bits per heavy atom. The summed E-state index contributed by atoms with van der Waals surface area (Å²) < 4.78 is 10.1. The first-order valence-corrected chi connectivity index (χ1v) is 12.9. The molecule has 0 spiro atoms. The van der Waals surface area contributed by atoms with Gasteiger partial charge >= 0.3 is 5.97 Å². The maximum Gasteiger partial charge on any atom is 0.303 e. The zero-order valence-electron chi connectivity index (χ0n) is 20.8. The van der Waals surface area contributed by atoms with Crippen LogP contribution in [0.1, 0.15) is 110 Å². The number of allylic oxidation sites excluding steroid dienone is 2. The second kappa shape index (κ2) is 32.2. The van der Waals surface area contributed by atoms with Crippen molar-refractivity contribution < 1.29 is 29.6 Å². The van der Waals surface area contributed by atoms with Crippen molar-refractivity contribution >= 4 is 5.97 Å². The first kappa shape index (κ1) is 33.2. The van der Waals surface area contributed by atoms with E-state index >= 15 is 0 Å². The van der Waals surface area contributed by atoms with Gasteiger partial charge in [-0.05, 0) is 44.9 Å². The number of aliphatic carboxylic acids is 1. The Bertz CT molecular complexity index is 363. The predicted octanol–water partition coefficient (Wildman–Crippen LogP) is 5.89. The predicted molar refractivity (Wildman–Crippen MR) is 132 cm³/mol. The standard InChI is InChI=1S/C18H34O2.C8H18O4/c1-2-3-4-5-6-7-8-9-10-11-12-13-14-15-16-17-18(19)20;9-3-7-11-5-1-2-6-12-8-4-10/h9-10H,2-8,11-17H2,1H3,(H,19,20);9-10H,1-8H2/b10-9-;. The number of aliphatic hydroxyl groups excluding tert-OH is 2. The van der Waals surface area contributed by atoms with Crippen molar-refractivity contribution in [3.05, 3.63) is 12.2 Å². The van der Waals surface area contributed by atoms with Gasteiger partial charge in [-0.1, -0.05) is 70.4 Å². The Hall–Kier alpha value is -0.950. The highest BCUT2D eigenvalue weighted by Crippen LogP contribution is 2.09. The minimum Gasteiger partial charge on any atom is -0.481 e. The molecule has 0 heterocycles. The summed E-state index contributed by atoms with van der Waals surface area (Å²) in [7, 11) is 0. The second-order valence-corrected chi connectivity index (χ2v) is 8.11. The van der Waals surface area contributed by atoms with Gasteiger partial charge in [0, 0.05) is 19.6 Å². The van der Waals surface area contributed by atoms with E-state index in [1.54, 1.807) is 0 Å². The van der Waals surface area contributed by atoms with Crippen LogP contribution in [0.4, 0.5) is 0 Å². The van der Waals surface area contributed by atoms with Crippen LogP contribution in [0.3, 0.4) is 0 Å². The average molecular weight is 461 g/mol. The number of unbranched alkanes of at least 4 members (excludes halogenated alkanes) is 12. The summed E-state index contributed by atoms with van der Waals surface area (Å²) in [6.07, 6.45) is 23.1. The van der Waals surface area contributed by atoms with Crippen LogP contribution in [0.5, 0.6) is 0 Å². The van der Waals surface area contributed by atoms with Crippen LogP contribution < -0.4 is 0 Å². The summed E-state index contributed by atoms with van der Waals surface area (Å²) in [4.78, 5) is 10.3. The molecule has 32 heavy (non-hydrogen) atoms. The lowest BCUT2D eigenvalue weighted by Gasteiger charge is -2.02. The van der Waals surface area contributed by atoms with Gasteiger partial charge in [-0.3, -0.25) is 4.79 Å². The van der Waals surface area contributed by atoms with Gasteiger partial charge in [0.25, 0.3) is 0 Å². The normalized spacial score (nSPS) is 11.0. The largest absolute Gasteiger partial charge is 0.481 e. The number of carbonyl (C=O) groups is 1. The van der Waals surface area contributed by atoms with Crippen molar-refractivity contribution in [1.29, 1.82) is 0 Å². The van der Waals surface area contributed by atoms with E-state index in [9.17, 15) is 4.79 Å². The molecule has 0 aliphatic carbocycles. The molecule has 0 amide bonds. The van der Waals surface area contributed by atoms with Gasteiger partial charge in [0.05, 0.1) is 26.4 Å². The van der Waals surface area contributed by atoms with E-state index in [4.69, 9.17) is 24.8 Å². The van der Waals surface area contributed by atoms with Crippen molar-refractivity contribution in [1.82, 2.24) is 0 Å². The summed E-state index contributed by atoms with van der Waals surface area (Å²) in [5.41, 5.74) is 0. The van der Waals surface area contributed by atoms with Crippen LogP contribution in [0.15, 0.2) is 12.2 Å². The molecule has 0 aromatic rings. The van der Waals surface area contributed by atoms with E-state index < -0.39 is 5.97 Å². The number of carboxylic acids is 1. The van der Waals surface area contributed by atoms with Gasteiger partial charge in [-0.25, -0.2) is 0 Å². The molecule has 0 saturated carbocycles. The highest BCUT2D eigenvalue weighted by molar-refractivity contribution is 5.66. The quantitative estimate of drug-likeness (QED) is 0.123. The Balaban J connectivity index is 0. The third-order valence-electron chi connectivity index (χ3n) is 4.95. The molecule has 0 fully saturated rings. The molecule has 0 aliphatic rings. The van der Waals surface area contributed by atoms with Crippen LogP contribution in [0, 0.1) is 0 Å². The lowest BCUT2D eigenvalue weighted by molar-refractivity contribution is -0.137. The fourth-order valence-corrected chi connectivity index (χ4v) is 3.09. The van der Waals surface area contributed by atoms with Crippen LogP contribution in [0.2, 0.25) is 0 Å². The van der Waals surface area contributed by atoms with Gasteiger partial charge < -0.3 is 24.8 Å². The molecule has 0 rings (SSSR count). The number of hydrogen-bond acceptors (Lipinski definition) is 5. The number of rotatable bonds is 24. The Labute approximate surface area is 197 Å². The van der Waals surface area contributed by atoms with E-state index in [1.165, 1.54) is 70.6 Å². The first-order valence-electron chi connectivity index (χ1n) is 12.9. The maximum atomic E-state index is 10.3. The lowest BCUT2D eigenvalue weighted by Crippen LogP contribution is -2.04. The molecule has 0 bridgehead atoms. The number of ether oxygens (including phenoxy) is 2. The molecule has 0 unspecified atom stereocenters. The lowest BCUT2D eigenvalue weighted by atomic mass is 10.1. The minimum atomic E-state index is -0.664. The molecular formula is C26H52O6. The molecule has 192 valence electrons. The van der Waals surface area contributed by atoms with Gasteiger partial charge in [0.2, 0.25) is 0 Å². The van der Waals surface area contributed by atoms with Gasteiger partial charge in [-0.2, -0.15) is 0 Å². The molecule has 6 nitrogen and oxygen atoms in total. The molecule has 0 aromatic heterocycles. The highest BCUT2D eigenvalue weighted by Gasteiger charge is 1.96. The zero-order chi connectivity index (χ0) is 24.0. The molecule has 6 heteroatoms. The molecule has 0 atom stereocenters. The minimum absolute atomic E-state index is 0.0843. The van der Waals surface area contributed by atoms with E-state index in [1.807, 2.05) is 0 Å². The summed E-state index contributed by atoms with van der Waals surface area (Å²) in [5.74, 6) is -0.664. The maximum absolute atomic E-state index is 10.3. The number of hydrogen-bond donors (Lipinski definition) is 3. The Morgan fingerprint density at radius 3 is 1.50 bits per heavy atom. The second-order valence-electron chi connectivity index (χ2n) is 8.11.